The predicted molar refractivity (Wildman–Crippen MR) is 153 cm³/mol. The summed E-state index contributed by atoms with van der Waals surface area (Å²) in [5.74, 6) is 0.902. The Balaban J connectivity index is 1.89. The zero-order chi connectivity index (χ0) is 28.4. The Kier molecular flexibility index (Phi) is 11.2. The van der Waals surface area contributed by atoms with Crippen molar-refractivity contribution in [3.05, 3.63) is 53.2 Å². The van der Waals surface area contributed by atoms with Crippen molar-refractivity contribution in [3.8, 4) is 17.2 Å². The molecule has 0 radical (unpaired) electrons. The van der Waals surface area contributed by atoms with Crippen molar-refractivity contribution < 1.29 is 24.2 Å². The Labute approximate surface area is 233 Å². The third kappa shape index (κ3) is 8.19. The van der Waals surface area contributed by atoms with Gasteiger partial charge in [0.15, 0.2) is 0 Å². The fourth-order valence-electron chi connectivity index (χ4n) is 3.92. The molecule has 11 heteroatoms. The lowest BCUT2D eigenvalue weighted by molar-refractivity contribution is 0.0706. The van der Waals surface area contributed by atoms with Crippen LogP contribution in [0.2, 0.25) is 5.02 Å². The minimum atomic E-state index is -0.722. The van der Waals surface area contributed by atoms with Crippen molar-refractivity contribution >= 4 is 40.1 Å². The van der Waals surface area contributed by atoms with Crippen LogP contribution < -0.4 is 25.4 Å². The number of halogens is 1. The number of nitrogens with zero attached hydrogens (tertiary/aromatic N) is 2. The Morgan fingerprint density at radius 2 is 1.77 bits per heavy atom. The second-order valence-electron chi connectivity index (χ2n) is 8.71. The van der Waals surface area contributed by atoms with Crippen molar-refractivity contribution in [3.63, 3.8) is 0 Å². The molecule has 0 saturated heterocycles. The number of rotatable bonds is 13. The van der Waals surface area contributed by atoms with E-state index in [9.17, 15) is 14.7 Å². The zero-order valence-electron chi connectivity index (χ0n) is 22.7. The number of ether oxygens (including phenoxy) is 2. The van der Waals surface area contributed by atoms with E-state index >= 15 is 0 Å². The van der Waals surface area contributed by atoms with Gasteiger partial charge in [-0.2, -0.15) is 0 Å². The van der Waals surface area contributed by atoms with Gasteiger partial charge in [0.1, 0.15) is 30.0 Å². The van der Waals surface area contributed by atoms with E-state index < -0.39 is 6.10 Å². The molecule has 2 aromatic carbocycles. The van der Waals surface area contributed by atoms with Crippen molar-refractivity contribution in [2.75, 3.05) is 44.6 Å². The Morgan fingerprint density at radius 3 is 2.44 bits per heavy atom. The molecule has 0 aliphatic heterocycles. The average Bonchev–Trinajstić information content (AvgIpc) is 2.92. The SMILES string of the molecule is CCNC(=O)Nc1ccc(Oc2ccnc3cc(OC[C@H](O)CN(CC)CC)c(C(=O)NCC)cc23)cc1Cl. The highest BCUT2D eigenvalue weighted by Crippen LogP contribution is 2.35. The van der Waals surface area contributed by atoms with Gasteiger partial charge >= 0.3 is 6.03 Å². The molecule has 1 atom stereocenters. The number of amides is 3. The lowest BCUT2D eigenvalue weighted by Crippen LogP contribution is -2.35. The van der Waals surface area contributed by atoms with E-state index in [1.54, 1.807) is 42.6 Å². The summed E-state index contributed by atoms with van der Waals surface area (Å²) in [5.41, 5.74) is 1.30. The van der Waals surface area contributed by atoms with Gasteiger partial charge in [-0.25, -0.2) is 4.79 Å². The van der Waals surface area contributed by atoms with Crippen molar-refractivity contribution in [1.82, 2.24) is 20.5 Å². The maximum atomic E-state index is 12.9. The standard InChI is InChI=1S/C28H36ClN5O5/c1-5-30-27(36)21-14-20-24(15-26(21)38-17-18(35)16-34(7-3)8-4)32-12-11-25(20)39-19-9-10-23(22(29)13-19)33-28(37)31-6-2/h9-15,18,35H,5-8,16-17H2,1-4H3,(H,30,36)(H2,31,33,37)/t18-/m1/s1. The third-order valence-corrected chi connectivity index (χ3v) is 6.25. The highest BCUT2D eigenvalue weighted by atomic mass is 35.5. The number of hydrogen-bond donors (Lipinski definition) is 4. The molecular weight excluding hydrogens is 522 g/mol. The molecule has 0 bridgehead atoms. The van der Waals surface area contributed by atoms with Crippen LogP contribution in [0, 0.1) is 0 Å². The molecule has 0 fully saturated rings. The zero-order valence-corrected chi connectivity index (χ0v) is 23.5. The molecule has 3 amide bonds. The number of urea groups is 1. The molecule has 0 aliphatic rings. The third-order valence-electron chi connectivity index (χ3n) is 5.93. The van der Waals surface area contributed by atoms with Crippen LogP contribution in [-0.2, 0) is 0 Å². The van der Waals surface area contributed by atoms with Crippen molar-refractivity contribution in [2.45, 2.75) is 33.8 Å². The molecule has 210 valence electrons. The number of aliphatic hydroxyl groups is 1. The fraction of sp³-hybridized carbons (Fsp3) is 0.393. The molecule has 3 rings (SSSR count). The van der Waals surface area contributed by atoms with Gasteiger partial charge in [0, 0.05) is 43.4 Å². The van der Waals surface area contributed by atoms with Crippen LogP contribution >= 0.6 is 11.6 Å². The Hall–Kier alpha value is -3.60. The monoisotopic (exact) mass is 557 g/mol. The topological polar surface area (TPSA) is 125 Å². The molecule has 0 saturated carbocycles. The minimum Gasteiger partial charge on any atom is -0.490 e. The molecule has 4 N–H and O–H groups in total. The number of benzene rings is 2. The number of aliphatic hydroxyl groups excluding tert-OH is 1. The van der Waals surface area contributed by atoms with Gasteiger partial charge in [-0.3, -0.25) is 9.78 Å². The van der Waals surface area contributed by atoms with Crippen LogP contribution in [0.3, 0.4) is 0 Å². The number of fused-ring (bicyclic) bond motifs is 1. The van der Waals surface area contributed by atoms with Crippen LogP contribution in [0.15, 0.2) is 42.6 Å². The first-order chi connectivity index (χ1) is 18.8. The number of carbonyl (C=O) groups is 2. The molecular formula is C28H36ClN5O5. The highest BCUT2D eigenvalue weighted by molar-refractivity contribution is 6.33. The summed E-state index contributed by atoms with van der Waals surface area (Å²) in [6.07, 6.45) is 0.871. The van der Waals surface area contributed by atoms with E-state index in [4.69, 9.17) is 21.1 Å². The number of pyridine rings is 1. The van der Waals surface area contributed by atoms with E-state index in [1.165, 1.54) is 0 Å². The minimum absolute atomic E-state index is 0.0275. The molecule has 1 aromatic heterocycles. The van der Waals surface area contributed by atoms with E-state index in [2.05, 4.69) is 25.8 Å². The summed E-state index contributed by atoms with van der Waals surface area (Å²) in [5, 5.41) is 19.5. The van der Waals surface area contributed by atoms with Crippen LogP contribution in [0.5, 0.6) is 17.2 Å². The molecule has 39 heavy (non-hydrogen) atoms. The predicted octanol–water partition coefficient (Wildman–Crippen LogP) is 4.65. The van der Waals surface area contributed by atoms with Gasteiger partial charge in [0.2, 0.25) is 0 Å². The van der Waals surface area contributed by atoms with E-state index in [0.717, 1.165) is 13.1 Å². The highest BCUT2D eigenvalue weighted by Gasteiger charge is 2.19. The average molecular weight is 558 g/mol. The maximum Gasteiger partial charge on any atom is 0.319 e. The number of hydrogen-bond acceptors (Lipinski definition) is 7. The van der Waals surface area contributed by atoms with Crippen LogP contribution in [0.25, 0.3) is 10.9 Å². The summed E-state index contributed by atoms with van der Waals surface area (Å²) in [6.45, 7) is 10.8. The number of anilines is 1. The summed E-state index contributed by atoms with van der Waals surface area (Å²) >= 11 is 6.36. The molecule has 0 aliphatic carbocycles. The number of carbonyl (C=O) groups excluding carboxylic acids is 2. The molecule has 1 heterocycles. The molecule has 3 aromatic rings. The van der Waals surface area contributed by atoms with E-state index in [-0.39, 0.29) is 18.5 Å². The second-order valence-corrected chi connectivity index (χ2v) is 9.12. The van der Waals surface area contributed by atoms with Gasteiger partial charge < -0.3 is 35.4 Å². The number of nitrogens with one attached hydrogen (secondary N) is 3. The Bertz CT molecular complexity index is 1280. The van der Waals surface area contributed by atoms with Crippen LogP contribution in [-0.4, -0.2) is 72.4 Å². The number of likely N-dealkylation sites (N-methyl/N-ethyl adjacent to an activating group) is 1. The number of aromatic nitrogens is 1. The van der Waals surface area contributed by atoms with E-state index in [0.29, 0.717) is 64.1 Å². The lowest BCUT2D eigenvalue weighted by Gasteiger charge is -2.22. The quantitative estimate of drug-likeness (QED) is 0.241. The van der Waals surface area contributed by atoms with Gasteiger partial charge in [-0.05, 0) is 51.2 Å². The Morgan fingerprint density at radius 1 is 1.03 bits per heavy atom. The molecule has 10 nitrogen and oxygen atoms in total. The van der Waals surface area contributed by atoms with Gasteiger partial charge in [-0.15, -0.1) is 0 Å². The summed E-state index contributed by atoms with van der Waals surface area (Å²) in [4.78, 5) is 31.3. The van der Waals surface area contributed by atoms with Crippen LogP contribution in [0.4, 0.5) is 10.5 Å². The van der Waals surface area contributed by atoms with Gasteiger partial charge in [-0.1, -0.05) is 25.4 Å². The first kappa shape index (κ1) is 29.9. The normalized spacial score (nSPS) is 11.8. The first-order valence-electron chi connectivity index (χ1n) is 13.1. The first-order valence-corrected chi connectivity index (χ1v) is 13.4. The summed E-state index contributed by atoms with van der Waals surface area (Å²) in [7, 11) is 0. The maximum absolute atomic E-state index is 12.9. The fourth-order valence-corrected chi connectivity index (χ4v) is 4.14. The molecule has 0 spiro atoms. The van der Waals surface area contributed by atoms with Crippen molar-refractivity contribution in [1.29, 1.82) is 0 Å². The van der Waals surface area contributed by atoms with E-state index in [1.807, 2.05) is 27.7 Å². The lowest BCUT2D eigenvalue weighted by atomic mass is 10.1. The van der Waals surface area contributed by atoms with Gasteiger partial charge in [0.05, 0.1) is 21.8 Å². The largest absolute Gasteiger partial charge is 0.490 e. The molecule has 0 unspecified atom stereocenters. The summed E-state index contributed by atoms with van der Waals surface area (Å²) < 4.78 is 12.0. The van der Waals surface area contributed by atoms with Crippen LogP contribution in [0.1, 0.15) is 38.1 Å². The van der Waals surface area contributed by atoms with Crippen molar-refractivity contribution in [2.24, 2.45) is 0 Å². The second kappa shape index (κ2) is 14.5. The smallest absolute Gasteiger partial charge is 0.319 e. The summed E-state index contributed by atoms with van der Waals surface area (Å²) in [6, 6.07) is 9.59. The van der Waals surface area contributed by atoms with Gasteiger partial charge in [0.25, 0.3) is 5.91 Å².